The molecule has 2 heterocycles. The first-order valence-corrected chi connectivity index (χ1v) is 11.7. The first-order chi connectivity index (χ1) is 16.8. The monoisotopic (exact) mass is 488 g/mol. The van der Waals surface area contributed by atoms with E-state index in [4.69, 9.17) is 9.47 Å². The molecule has 0 amide bonds. The van der Waals surface area contributed by atoms with Crippen LogP contribution in [0, 0.1) is 0 Å². The van der Waals surface area contributed by atoms with Crippen LogP contribution >= 0.6 is 12.4 Å². The van der Waals surface area contributed by atoms with Gasteiger partial charge in [-0.05, 0) is 58.6 Å². The van der Waals surface area contributed by atoms with Gasteiger partial charge in [0.2, 0.25) is 0 Å². The number of hydrogen-bond donors (Lipinski definition) is 1. The van der Waals surface area contributed by atoms with Gasteiger partial charge in [-0.25, -0.2) is 9.78 Å². The quantitative estimate of drug-likeness (QED) is 0.339. The highest BCUT2D eigenvalue weighted by atomic mass is 35.5. The third-order valence-electron chi connectivity index (χ3n) is 6.36. The van der Waals surface area contributed by atoms with Crippen molar-refractivity contribution >= 4 is 29.1 Å². The number of nitrogens with zero attached hydrogens (tertiary/aromatic N) is 1. The minimum atomic E-state index is -0.412. The lowest BCUT2D eigenvalue weighted by molar-refractivity contribution is 0.0106. The van der Waals surface area contributed by atoms with Crippen molar-refractivity contribution in [1.82, 2.24) is 10.3 Å². The first kappa shape index (κ1) is 24.9. The molecule has 5 nitrogen and oxygen atoms in total. The number of carbonyl (C=O) groups excluding carboxylic acids is 1. The molecule has 6 heteroatoms. The number of benzene rings is 3. The normalized spacial score (nSPS) is 17.5. The van der Waals surface area contributed by atoms with E-state index in [0.29, 0.717) is 18.2 Å². The van der Waals surface area contributed by atoms with E-state index in [2.05, 4.69) is 64.9 Å². The van der Waals surface area contributed by atoms with Gasteiger partial charge in [0, 0.05) is 18.7 Å². The minimum absolute atomic E-state index is 0. The average Bonchev–Trinajstić information content (AvgIpc) is 2.91. The Morgan fingerprint density at radius 3 is 2.46 bits per heavy atom. The molecule has 0 aliphatic carbocycles. The summed E-state index contributed by atoms with van der Waals surface area (Å²) < 4.78 is 11.8. The van der Waals surface area contributed by atoms with Crippen LogP contribution in [0.3, 0.4) is 0 Å². The zero-order chi connectivity index (χ0) is 23.2. The number of carbonyl (C=O) groups is 1. The molecule has 1 aliphatic heterocycles. The van der Waals surface area contributed by atoms with Crippen LogP contribution in [-0.2, 0) is 22.7 Å². The predicted octanol–water partition coefficient (Wildman–Crippen LogP) is 5.68. The molecule has 1 saturated heterocycles. The number of esters is 1. The summed E-state index contributed by atoms with van der Waals surface area (Å²) in [5.41, 5.74) is 3.72. The lowest BCUT2D eigenvalue weighted by atomic mass is 9.87. The van der Waals surface area contributed by atoms with Crippen LogP contribution in [0.2, 0.25) is 0 Å². The van der Waals surface area contributed by atoms with Gasteiger partial charge in [0.1, 0.15) is 12.3 Å². The number of pyridine rings is 1. The summed E-state index contributed by atoms with van der Waals surface area (Å²) in [6, 6.07) is 28.4. The Bertz CT molecular complexity index is 1250. The Morgan fingerprint density at radius 1 is 0.886 bits per heavy atom. The molecule has 180 valence electrons. The molecular weight excluding hydrogens is 460 g/mol. The Labute approximate surface area is 211 Å². The van der Waals surface area contributed by atoms with Gasteiger partial charge in [-0.1, -0.05) is 66.7 Å². The van der Waals surface area contributed by atoms with E-state index >= 15 is 0 Å². The number of nitrogens with one attached hydrogen (secondary N) is 1. The summed E-state index contributed by atoms with van der Waals surface area (Å²) in [5, 5.41) is 5.95. The summed E-state index contributed by atoms with van der Waals surface area (Å²) in [5.74, 6) is -0.0861. The lowest BCUT2D eigenvalue weighted by Crippen LogP contribution is -2.40. The zero-order valence-corrected chi connectivity index (χ0v) is 20.2. The molecule has 2 unspecified atom stereocenters. The van der Waals surface area contributed by atoms with Crippen LogP contribution in [0.15, 0.2) is 91.1 Å². The number of halogens is 1. The summed E-state index contributed by atoms with van der Waals surface area (Å²) in [4.78, 5) is 16.2. The Hall–Kier alpha value is -3.25. The fraction of sp³-hybridized carbons (Fsp3) is 0.241. The van der Waals surface area contributed by atoms with Crippen LogP contribution in [-0.4, -0.2) is 30.1 Å². The van der Waals surface area contributed by atoms with E-state index in [0.717, 1.165) is 25.1 Å². The van der Waals surface area contributed by atoms with E-state index in [9.17, 15) is 4.79 Å². The highest BCUT2D eigenvalue weighted by Crippen LogP contribution is 2.29. The molecule has 1 aliphatic rings. The molecule has 35 heavy (non-hydrogen) atoms. The molecule has 2 atom stereocenters. The van der Waals surface area contributed by atoms with Crippen molar-refractivity contribution in [3.05, 3.63) is 114 Å². The maximum atomic E-state index is 12.1. The number of rotatable bonds is 7. The summed E-state index contributed by atoms with van der Waals surface area (Å²) in [6.45, 7) is 2.63. The topological polar surface area (TPSA) is 60.5 Å². The number of aromatic nitrogens is 1. The Balaban J connectivity index is 0.00000289. The van der Waals surface area contributed by atoms with Gasteiger partial charge in [-0.3, -0.25) is 0 Å². The van der Waals surface area contributed by atoms with Crippen molar-refractivity contribution in [3.63, 3.8) is 0 Å². The average molecular weight is 489 g/mol. The maximum Gasteiger partial charge on any atom is 0.357 e. The lowest BCUT2D eigenvalue weighted by Gasteiger charge is -2.32. The SMILES string of the molecule is Cl.O=C(OCc1ccc(C2CCNCC2OCc2ccc3ccccc3c2)cc1)c1ccccn1. The molecule has 0 spiro atoms. The molecule has 3 aromatic carbocycles. The van der Waals surface area contributed by atoms with Gasteiger partial charge < -0.3 is 14.8 Å². The van der Waals surface area contributed by atoms with E-state index in [-0.39, 0.29) is 25.1 Å². The minimum Gasteiger partial charge on any atom is -0.456 e. The van der Waals surface area contributed by atoms with Crippen molar-refractivity contribution < 1.29 is 14.3 Å². The largest absolute Gasteiger partial charge is 0.456 e. The third kappa shape index (κ3) is 6.25. The third-order valence-corrected chi connectivity index (χ3v) is 6.36. The Morgan fingerprint density at radius 2 is 1.66 bits per heavy atom. The van der Waals surface area contributed by atoms with Crippen LogP contribution in [0.25, 0.3) is 10.8 Å². The highest BCUT2D eigenvalue weighted by molar-refractivity contribution is 5.87. The van der Waals surface area contributed by atoms with Crippen molar-refractivity contribution in [3.8, 4) is 0 Å². The number of piperidine rings is 1. The van der Waals surface area contributed by atoms with E-state index in [1.807, 2.05) is 12.1 Å². The second kappa shape index (κ2) is 11.9. The van der Waals surface area contributed by atoms with Crippen LogP contribution < -0.4 is 5.32 Å². The molecular formula is C29H29ClN2O3. The molecule has 4 aromatic rings. The fourth-order valence-corrected chi connectivity index (χ4v) is 4.49. The molecule has 0 radical (unpaired) electrons. The van der Waals surface area contributed by atoms with Gasteiger partial charge in [-0.2, -0.15) is 0 Å². The van der Waals surface area contributed by atoms with Crippen LogP contribution in [0.4, 0.5) is 0 Å². The molecule has 0 bridgehead atoms. The van der Waals surface area contributed by atoms with Gasteiger partial charge in [0.25, 0.3) is 0 Å². The number of fused-ring (bicyclic) bond motifs is 1. The van der Waals surface area contributed by atoms with E-state index in [1.165, 1.54) is 21.9 Å². The van der Waals surface area contributed by atoms with Crippen molar-refractivity contribution in [1.29, 1.82) is 0 Å². The molecule has 5 rings (SSSR count). The van der Waals surface area contributed by atoms with E-state index < -0.39 is 5.97 Å². The summed E-state index contributed by atoms with van der Waals surface area (Å²) in [7, 11) is 0. The van der Waals surface area contributed by atoms with Gasteiger partial charge >= 0.3 is 5.97 Å². The van der Waals surface area contributed by atoms with Gasteiger partial charge in [0.05, 0.1) is 12.7 Å². The van der Waals surface area contributed by atoms with Crippen LogP contribution in [0.1, 0.15) is 39.5 Å². The second-order valence-electron chi connectivity index (χ2n) is 8.66. The number of ether oxygens (including phenoxy) is 2. The zero-order valence-electron chi connectivity index (χ0n) is 19.4. The number of hydrogen-bond acceptors (Lipinski definition) is 5. The first-order valence-electron chi connectivity index (χ1n) is 11.7. The molecule has 1 aromatic heterocycles. The summed E-state index contributed by atoms with van der Waals surface area (Å²) >= 11 is 0. The smallest absolute Gasteiger partial charge is 0.357 e. The van der Waals surface area contributed by atoms with Gasteiger partial charge in [0.15, 0.2) is 0 Å². The Kier molecular flexibility index (Phi) is 8.48. The molecule has 1 fully saturated rings. The summed E-state index contributed by atoms with van der Waals surface area (Å²) in [6.07, 6.45) is 2.72. The fourth-order valence-electron chi connectivity index (χ4n) is 4.49. The standard InChI is InChI=1S/C29H28N2O3.ClH/c32-29(27-7-3-4-15-31-27)34-19-21-8-12-24(13-9-21)26-14-16-30-18-28(26)33-20-22-10-11-23-5-1-2-6-25(23)17-22;/h1-13,15,17,26,28,30H,14,16,18-20H2;1H. The predicted molar refractivity (Wildman–Crippen MR) is 140 cm³/mol. The maximum absolute atomic E-state index is 12.1. The van der Waals surface area contributed by atoms with Crippen molar-refractivity contribution in [2.75, 3.05) is 13.1 Å². The molecule has 0 saturated carbocycles. The van der Waals surface area contributed by atoms with Crippen molar-refractivity contribution in [2.24, 2.45) is 0 Å². The van der Waals surface area contributed by atoms with Crippen molar-refractivity contribution in [2.45, 2.75) is 31.7 Å². The van der Waals surface area contributed by atoms with Crippen LogP contribution in [0.5, 0.6) is 0 Å². The van der Waals surface area contributed by atoms with Gasteiger partial charge in [-0.15, -0.1) is 12.4 Å². The second-order valence-corrected chi connectivity index (χ2v) is 8.66. The van der Waals surface area contributed by atoms with E-state index in [1.54, 1.807) is 24.4 Å². The molecule has 1 N–H and O–H groups in total. The highest BCUT2D eigenvalue weighted by Gasteiger charge is 2.27.